The van der Waals surface area contributed by atoms with Gasteiger partial charge in [0.25, 0.3) is 0 Å². The van der Waals surface area contributed by atoms with Crippen LogP contribution < -0.4 is 5.32 Å². The molecule has 1 atom stereocenters. The Balaban J connectivity index is 4.45. The molecule has 0 bridgehead atoms. The molecule has 0 saturated heterocycles. The molecule has 0 aromatic rings. The maximum atomic E-state index is 10.6. The van der Waals surface area contributed by atoms with Crippen molar-refractivity contribution in [1.29, 1.82) is 0 Å². The highest BCUT2D eigenvalue weighted by Gasteiger charge is 2.33. The highest BCUT2D eigenvalue weighted by atomic mass is 127. The molecule has 3 N–H and O–H groups in total. The molecule has 0 spiro atoms. The van der Waals surface area contributed by atoms with E-state index in [2.05, 4.69) is 11.9 Å². The topological polar surface area (TPSA) is 69.6 Å². The molecular weight excluding hydrogens is 261 g/mol. The average molecular weight is 271 g/mol. The van der Waals surface area contributed by atoms with Crippen molar-refractivity contribution in [2.75, 3.05) is 11.2 Å². The second kappa shape index (κ2) is 4.68. The Morgan fingerprint density at radius 3 is 2.45 bits per heavy atom. The summed E-state index contributed by atoms with van der Waals surface area (Å²) in [5.74, 6) is -1.12. The number of aliphatic carboxylic acids is 1. The lowest BCUT2D eigenvalue weighted by molar-refractivity contribution is -0.144. The van der Waals surface area contributed by atoms with E-state index in [9.17, 15) is 4.79 Å². The Kier molecular flexibility index (Phi) is 4.62. The summed E-state index contributed by atoms with van der Waals surface area (Å²) in [6.45, 7) is 2.85. The van der Waals surface area contributed by atoms with Gasteiger partial charge in [0.15, 0.2) is 5.54 Å². The van der Waals surface area contributed by atoms with Gasteiger partial charge in [0.1, 0.15) is 0 Å². The largest absolute Gasteiger partial charge is 0.480 e. The minimum Gasteiger partial charge on any atom is -0.480 e. The van der Waals surface area contributed by atoms with Crippen molar-refractivity contribution in [1.82, 2.24) is 5.32 Å². The van der Waals surface area contributed by atoms with Crippen LogP contribution in [0.15, 0.2) is 12.7 Å². The van der Waals surface area contributed by atoms with Crippen LogP contribution in [0.25, 0.3) is 0 Å². The van der Waals surface area contributed by atoms with Gasteiger partial charge < -0.3 is 10.2 Å². The van der Waals surface area contributed by atoms with Crippen LogP contribution in [-0.4, -0.2) is 32.9 Å². The lowest BCUT2D eigenvalue weighted by Crippen LogP contribution is -2.52. The first kappa shape index (κ1) is 10.9. The van der Waals surface area contributed by atoms with Crippen LogP contribution in [0.2, 0.25) is 0 Å². The van der Waals surface area contributed by atoms with Crippen molar-refractivity contribution in [2.45, 2.75) is 5.54 Å². The van der Waals surface area contributed by atoms with E-state index in [1.165, 1.54) is 6.08 Å². The fourth-order valence-corrected chi connectivity index (χ4v) is 1.22. The molecule has 1 unspecified atom stereocenters. The number of carboxylic acid groups (broad SMARTS) is 1. The molecule has 0 radical (unpaired) electrons. The molecule has 5 heteroatoms. The molecule has 0 heterocycles. The van der Waals surface area contributed by atoms with Gasteiger partial charge in [0, 0.05) is 4.55 Å². The Morgan fingerprint density at radius 1 is 1.82 bits per heavy atom. The number of carbonyl (C=O) groups is 1. The third-order valence-corrected chi connectivity index (χ3v) is 1.74. The standard InChI is InChI=1S/C6H10INO3/c1-2-6(3-9,5(10)11)8-4-7/h2,8-9H,1,3-4H2,(H,10,11). The summed E-state index contributed by atoms with van der Waals surface area (Å²) >= 11 is 1.96. The lowest BCUT2D eigenvalue weighted by atomic mass is 10.0. The minimum atomic E-state index is -1.39. The number of carboxylic acids is 1. The van der Waals surface area contributed by atoms with Crippen molar-refractivity contribution in [3.05, 3.63) is 12.7 Å². The van der Waals surface area contributed by atoms with Crippen molar-refractivity contribution in [2.24, 2.45) is 0 Å². The van der Waals surface area contributed by atoms with E-state index in [-0.39, 0.29) is 0 Å². The number of nitrogens with one attached hydrogen (secondary N) is 1. The molecule has 0 rings (SSSR count). The highest BCUT2D eigenvalue weighted by molar-refractivity contribution is 14.1. The van der Waals surface area contributed by atoms with E-state index in [1.54, 1.807) is 0 Å². The summed E-state index contributed by atoms with van der Waals surface area (Å²) in [6, 6.07) is 0. The summed E-state index contributed by atoms with van der Waals surface area (Å²) in [4.78, 5) is 10.6. The molecule has 0 aromatic carbocycles. The zero-order chi connectivity index (χ0) is 8.91. The van der Waals surface area contributed by atoms with Gasteiger partial charge in [-0.2, -0.15) is 0 Å². The Bertz CT molecular complexity index is 162. The summed E-state index contributed by atoms with van der Waals surface area (Å²) in [5, 5.41) is 20.0. The van der Waals surface area contributed by atoms with Crippen molar-refractivity contribution in [3.8, 4) is 0 Å². The number of alkyl halides is 1. The number of rotatable bonds is 5. The highest BCUT2D eigenvalue weighted by Crippen LogP contribution is 2.05. The lowest BCUT2D eigenvalue weighted by Gasteiger charge is -2.23. The molecule has 64 valence electrons. The zero-order valence-corrected chi connectivity index (χ0v) is 8.04. The van der Waals surface area contributed by atoms with E-state index < -0.39 is 18.1 Å². The van der Waals surface area contributed by atoms with Gasteiger partial charge in [-0.05, 0) is 0 Å². The molecule has 0 aliphatic carbocycles. The van der Waals surface area contributed by atoms with Crippen LogP contribution >= 0.6 is 22.6 Å². The first-order valence-corrected chi connectivity index (χ1v) is 4.44. The molecule has 0 aliphatic heterocycles. The van der Waals surface area contributed by atoms with Gasteiger partial charge in [-0.15, -0.1) is 6.58 Å². The second-order valence-corrected chi connectivity index (χ2v) is 2.71. The third-order valence-electron chi connectivity index (χ3n) is 1.36. The van der Waals surface area contributed by atoms with Crippen LogP contribution in [0.4, 0.5) is 0 Å². The summed E-state index contributed by atoms with van der Waals surface area (Å²) in [5.41, 5.74) is -1.39. The fraction of sp³-hybridized carbons (Fsp3) is 0.500. The van der Waals surface area contributed by atoms with E-state index in [4.69, 9.17) is 10.2 Å². The summed E-state index contributed by atoms with van der Waals surface area (Å²) < 4.78 is 0.441. The Labute approximate surface area is 78.4 Å². The summed E-state index contributed by atoms with van der Waals surface area (Å²) in [7, 11) is 0. The quantitative estimate of drug-likeness (QED) is 0.284. The molecule has 11 heavy (non-hydrogen) atoms. The van der Waals surface area contributed by atoms with Crippen molar-refractivity contribution in [3.63, 3.8) is 0 Å². The smallest absolute Gasteiger partial charge is 0.330 e. The molecule has 4 nitrogen and oxygen atoms in total. The van der Waals surface area contributed by atoms with E-state index in [0.717, 1.165) is 0 Å². The van der Waals surface area contributed by atoms with E-state index >= 15 is 0 Å². The van der Waals surface area contributed by atoms with Crippen LogP contribution in [0.1, 0.15) is 0 Å². The molecule has 0 aliphatic rings. The van der Waals surface area contributed by atoms with Gasteiger partial charge in [0.2, 0.25) is 0 Å². The molecule has 0 fully saturated rings. The SMILES string of the molecule is C=CC(CO)(NCI)C(=O)O. The maximum Gasteiger partial charge on any atom is 0.330 e. The second-order valence-electron chi connectivity index (χ2n) is 1.95. The first-order valence-electron chi connectivity index (χ1n) is 2.92. The average Bonchev–Trinajstić information content (AvgIpc) is 2.00. The first-order chi connectivity index (χ1) is 5.13. The van der Waals surface area contributed by atoms with Crippen LogP contribution in [0.5, 0.6) is 0 Å². The monoisotopic (exact) mass is 271 g/mol. The number of hydrogen-bond acceptors (Lipinski definition) is 3. The predicted molar refractivity (Wildman–Crippen MR) is 49.7 cm³/mol. The van der Waals surface area contributed by atoms with Crippen LogP contribution in [-0.2, 0) is 4.79 Å². The van der Waals surface area contributed by atoms with Gasteiger partial charge in [0.05, 0.1) is 6.61 Å². The van der Waals surface area contributed by atoms with E-state index in [1.807, 2.05) is 22.6 Å². The molecular formula is C6H10INO3. The fourth-order valence-electron chi connectivity index (χ4n) is 0.542. The maximum absolute atomic E-state index is 10.6. The Hall–Kier alpha value is -0.140. The number of aliphatic hydroxyl groups is 1. The van der Waals surface area contributed by atoms with Crippen molar-refractivity contribution >= 4 is 28.6 Å². The van der Waals surface area contributed by atoms with Gasteiger partial charge in [-0.3, -0.25) is 5.32 Å². The van der Waals surface area contributed by atoms with E-state index in [0.29, 0.717) is 4.55 Å². The van der Waals surface area contributed by atoms with Crippen LogP contribution in [0.3, 0.4) is 0 Å². The molecule has 0 saturated carbocycles. The van der Waals surface area contributed by atoms with Gasteiger partial charge >= 0.3 is 5.97 Å². The normalized spacial score (nSPS) is 15.5. The number of hydrogen-bond donors (Lipinski definition) is 3. The predicted octanol–water partition coefficient (Wildman–Crippen LogP) is -0.0298. The van der Waals surface area contributed by atoms with Crippen molar-refractivity contribution < 1.29 is 15.0 Å². The number of halogens is 1. The van der Waals surface area contributed by atoms with Gasteiger partial charge in [-0.1, -0.05) is 28.7 Å². The summed E-state index contributed by atoms with van der Waals surface area (Å²) in [6.07, 6.45) is 1.19. The minimum absolute atomic E-state index is 0.441. The Morgan fingerprint density at radius 2 is 2.36 bits per heavy atom. The molecule has 0 aromatic heterocycles. The molecule has 0 amide bonds. The number of aliphatic hydroxyl groups excluding tert-OH is 1. The zero-order valence-electron chi connectivity index (χ0n) is 5.88. The van der Waals surface area contributed by atoms with Crippen LogP contribution in [0, 0.1) is 0 Å². The van der Waals surface area contributed by atoms with Gasteiger partial charge in [-0.25, -0.2) is 4.79 Å². The third kappa shape index (κ3) is 2.42.